The number of fused-ring (bicyclic) bond motifs is 1. The number of thioether (sulfide) groups is 1. The van der Waals surface area contributed by atoms with Gasteiger partial charge in [-0.25, -0.2) is 0 Å². The first kappa shape index (κ1) is 24.5. The number of benzene rings is 2. The normalized spacial score (nSPS) is 14.6. The summed E-state index contributed by atoms with van der Waals surface area (Å²) >= 11 is 1.42. The number of hydrogen-bond donors (Lipinski definition) is 1. The molecule has 0 amide bonds. The van der Waals surface area contributed by atoms with Crippen molar-refractivity contribution in [1.82, 2.24) is 9.55 Å². The lowest BCUT2D eigenvalue weighted by Gasteiger charge is -2.38. The number of nitrogens with zero attached hydrogens (tertiary/aromatic N) is 2. The number of halogens is 1. The van der Waals surface area contributed by atoms with Gasteiger partial charge in [0, 0.05) is 23.8 Å². The Hall–Kier alpha value is -2.58. The number of rotatable bonds is 7. The first-order valence-electron chi connectivity index (χ1n) is 11.1. The van der Waals surface area contributed by atoms with Crippen molar-refractivity contribution < 1.29 is 9.15 Å². The molecular formula is C26H28ClN3O3S. The molecule has 4 aromatic rings. The summed E-state index contributed by atoms with van der Waals surface area (Å²) in [6.45, 7) is 0.852. The summed E-state index contributed by atoms with van der Waals surface area (Å²) in [7, 11) is 1.62. The van der Waals surface area contributed by atoms with Crippen LogP contribution in [0.25, 0.3) is 33.6 Å². The Labute approximate surface area is 208 Å². The van der Waals surface area contributed by atoms with E-state index >= 15 is 0 Å². The van der Waals surface area contributed by atoms with Gasteiger partial charge in [0.25, 0.3) is 5.56 Å². The second-order valence-electron chi connectivity index (χ2n) is 8.49. The van der Waals surface area contributed by atoms with Crippen LogP contribution < -0.4 is 11.3 Å². The largest absolute Gasteiger partial charge is 0.437 e. The zero-order valence-corrected chi connectivity index (χ0v) is 20.9. The molecule has 0 atom stereocenters. The van der Waals surface area contributed by atoms with E-state index in [9.17, 15) is 4.79 Å². The second kappa shape index (κ2) is 9.96. The fourth-order valence-electron chi connectivity index (χ4n) is 4.48. The van der Waals surface area contributed by atoms with E-state index in [1.165, 1.54) is 18.2 Å². The smallest absolute Gasteiger partial charge is 0.266 e. The molecule has 1 saturated carbocycles. The van der Waals surface area contributed by atoms with E-state index in [2.05, 4.69) is 12.1 Å². The quantitative estimate of drug-likeness (QED) is 0.270. The number of nitrogens with two attached hydrogens (primary N) is 1. The van der Waals surface area contributed by atoms with E-state index in [0.717, 1.165) is 35.1 Å². The third-order valence-electron chi connectivity index (χ3n) is 6.51. The van der Waals surface area contributed by atoms with Gasteiger partial charge in [0.2, 0.25) is 5.71 Å². The maximum absolute atomic E-state index is 13.7. The zero-order valence-electron chi connectivity index (χ0n) is 19.2. The zero-order chi connectivity index (χ0) is 23.0. The molecule has 5 rings (SSSR count). The molecule has 1 fully saturated rings. The topological polar surface area (TPSA) is 83.3 Å². The van der Waals surface area contributed by atoms with Crippen molar-refractivity contribution in [3.8, 4) is 22.5 Å². The molecule has 0 spiro atoms. The number of aromatic nitrogens is 2. The van der Waals surface area contributed by atoms with Crippen LogP contribution in [0.4, 0.5) is 0 Å². The van der Waals surface area contributed by atoms with Crippen molar-refractivity contribution in [1.29, 1.82) is 0 Å². The molecule has 0 aliphatic heterocycles. The Kier molecular flexibility index (Phi) is 7.19. The van der Waals surface area contributed by atoms with E-state index in [1.54, 1.807) is 11.7 Å². The van der Waals surface area contributed by atoms with E-state index in [0.29, 0.717) is 35.2 Å². The first-order chi connectivity index (χ1) is 16.1. The SMILES string of the molecule is COCCn1c(SC)nc2oc(-c3ccc(C4(N)CCC4)cc3)c(-c3ccccc3)c2c1=O.Cl. The summed E-state index contributed by atoms with van der Waals surface area (Å²) in [6, 6.07) is 18.1. The van der Waals surface area contributed by atoms with Gasteiger partial charge in [-0.15, -0.1) is 12.4 Å². The van der Waals surface area contributed by atoms with Gasteiger partial charge in [0.1, 0.15) is 11.1 Å². The average Bonchev–Trinajstić information content (AvgIpc) is 3.22. The van der Waals surface area contributed by atoms with Gasteiger partial charge < -0.3 is 14.9 Å². The number of ether oxygens (including phenoxy) is 1. The summed E-state index contributed by atoms with van der Waals surface area (Å²) in [5, 5.41) is 1.10. The predicted molar refractivity (Wildman–Crippen MR) is 140 cm³/mol. The van der Waals surface area contributed by atoms with Crippen LogP contribution in [0.2, 0.25) is 0 Å². The molecule has 1 aliphatic carbocycles. The minimum absolute atomic E-state index is 0. The van der Waals surface area contributed by atoms with Gasteiger partial charge >= 0.3 is 0 Å². The molecule has 6 nitrogen and oxygen atoms in total. The Morgan fingerprint density at radius 1 is 1.12 bits per heavy atom. The number of furan rings is 1. The Morgan fingerprint density at radius 3 is 2.41 bits per heavy atom. The Bertz CT molecular complexity index is 1350. The Balaban J connectivity index is 0.00000274. The molecule has 34 heavy (non-hydrogen) atoms. The van der Waals surface area contributed by atoms with Crippen LogP contribution in [0.15, 0.2) is 69.0 Å². The molecule has 1 aliphatic rings. The van der Waals surface area contributed by atoms with Gasteiger partial charge in [-0.05, 0) is 36.6 Å². The second-order valence-corrected chi connectivity index (χ2v) is 9.26. The molecular weight excluding hydrogens is 470 g/mol. The van der Waals surface area contributed by atoms with Crippen LogP contribution in [0, 0.1) is 0 Å². The van der Waals surface area contributed by atoms with Crippen LogP contribution >= 0.6 is 24.2 Å². The molecule has 0 bridgehead atoms. The van der Waals surface area contributed by atoms with Crippen molar-refractivity contribution in [3.05, 3.63) is 70.5 Å². The summed E-state index contributed by atoms with van der Waals surface area (Å²) in [4.78, 5) is 18.4. The lowest BCUT2D eigenvalue weighted by atomic mass is 9.72. The molecule has 2 aromatic carbocycles. The molecule has 2 aromatic heterocycles. The van der Waals surface area contributed by atoms with Crippen molar-refractivity contribution in [2.24, 2.45) is 5.73 Å². The van der Waals surface area contributed by atoms with E-state index in [1.807, 2.05) is 48.7 Å². The van der Waals surface area contributed by atoms with Crippen molar-refractivity contribution >= 4 is 35.3 Å². The van der Waals surface area contributed by atoms with Crippen molar-refractivity contribution in [3.63, 3.8) is 0 Å². The van der Waals surface area contributed by atoms with Gasteiger partial charge in [-0.3, -0.25) is 9.36 Å². The van der Waals surface area contributed by atoms with Crippen LogP contribution in [0.5, 0.6) is 0 Å². The van der Waals surface area contributed by atoms with Crippen LogP contribution in [0.1, 0.15) is 24.8 Å². The maximum Gasteiger partial charge on any atom is 0.266 e. The van der Waals surface area contributed by atoms with E-state index in [-0.39, 0.29) is 23.5 Å². The highest BCUT2D eigenvalue weighted by Crippen LogP contribution is 2.42. The lowest BCUT2D eigenvalue weighted by Crippen LogP contribution is -2.43. The molecule has 0 unspecified atom stereocenters. The fourth-order valence-corrected chi connectivity index (χ4v) is 5.05. The van der Waals surface area contributed by atoms with Gasteiger partial charge in [0.15, 0.2) is 5.16 Å². The van der Waals surface area contributed by atoms with Crippen LogP contribution in [0.3, 0.4) is 0 Å². The number of hydrogen-bond acceptors (Lipinski definition) is 6. The highest BCUT2D eigenvalue weighted by molar-refractivity contribution is 7.98. The third kappa shape index (κ3) is 4.18. The van der Waals surface area contributed by atoms with Gasteiger partial charge in [-0.1, -0.05) is 66.4 Å². The summed E-state index contributed by atoms with van der Waals surface area (Å²) < 4.78 is 13.2. The summed E-state index contributed by atoms with van der Waals surface area (Å²) in [5.74, 6) is 0.642. The highest BCUT2D eigenvalue weighted by atomic mass is 35.5. The molecule has 2 heterocycles. The number of methoxy groups -OCH3 is 1. The van der Waals surface area contributed by atoms with Crippen molar-refractivity contribution in [2.45, 2.75) is 36.5 Å². The monoisotopic (exact) mass is 497 g/mol. The summed E-state index contributed by atoms with van der Waals surface area (Å²) in [5.41, 5.74) is 10.2. The van der Waals surface area contributed by atoms with Gasteiger partial charge in [0.05, 0.1) is 13.2 Å². The highest BCUT2D eigenvalue weighted by Gasteiger charge is 2.34. The maximum atomic E-state index is 13.7. The van der Waals surface area contributed by atoms with Gasteiger partial charge in [-0.2, -0.15) is 4.98 Å². The van der Waals surface area contributed by atoms with Crippen LogP contribution in [-0.2, 0) is 16.8 Å². The molecule has 0 saturated heterocycles. The minimum atomic E-state index is -0.224. The van der Waals surface area contributed by atoms with Crippen molar-refractivity contribution in [2.75, 3.05) is 20.0 Å². The third-order valence-corrected chi connectivity index (χ3v) is 7.19. The lowest BCUT2D eigenvalue weighted by molar-refractivity contribution is 0.183. The first-order valence-corrected chi connectivity index (χ1v) is 12.3. The fraction of sp³-hybridized carbons (Fsp3) is 0.308. The minimum Gasteiger partial charge on any atom is -0.437 e. The standard InChI is InChI=1S/C26H27N3O3S.ClH/c1-31-16-15-29-24(30)21-20(17-7-4-3-5-8-17)22(32-23(21)28-25(29)33-2)18-9-11-19(12-10-18)26(27)13-6-14-26;/h3-5,7-12H,6,13-16,27H2,1-2H3;1H. The van der Waals surface area contributed by atoms with E-state index < -0.39 is 0 Å². The van der Waals surface area contributed by atoms with E-state index in [4.69, 9.17) is 19.9 Å². The van der Waals surface area contributed by atoms with Crippen LogP contribution in [-0.4, -0.2) is 29.5 Å². The molecule has 178 valence electrons. The summed E-state index contributed by atoms with van der Waals surface area (Å²) in [6.07, 6.45) is 5.09. The Morgan fingerprint density at radius 2 is 1.82 bits per heavy atom. The molecule has 0 radical (unpaired) electrons. The average molecular weight is 498 g/mol. The molecule has 8 heteroatoms. The predicted octanol–water partition coefficient (Wildman–Crippen LogP) is 5.45. The molecule has 2 N–H and O–H groups in total.